The summed E-state index contributed by atoms with van der Waals surface area (Å²) in [5.74, 6) is 1.43. The topological polar surface area (TPSA) is 61.3 Å². The van der Waals surface area contributed by atoms with Gasteiger partial charge in [-0.1, -0.05) is 0 Å². The Bertz CT molecular complexity index is 770. The molecule has 0 saturated carbocycles. The van der Waals surface area contributed by atoms with E-state index in [1.807, 2.05) is 11.4 Å². The number of methoxy groups -OCH3 is 1. The lowest BCUT2D eigenvalue weighted by Gasteiger charge is -2.10. The first-order chi connectivity index (χ1) is 9.81. The Morgan fingerprint density at radius 3 is 2.90 bits per heavy atom. The molecule has 100 valence electrons. The molecule has 0 atom stereocenters. The molecule has 20 heavy (non-hydrogen) atoms. The number of aromatic nitrogens is 2. The van der Waals surface area contributed by atoms with Crippen molar-refractivity contribution in [2.24, 2.45) is 0 Å². The molecule has 0 aliphatic carbocycles. The van der Waals surface area contributed by atoms with Crippen LogP contribution in [-0.2, 0) is 0 Å². The van der Waals surface area contributed by atoms with E-state index in [-0.39, 0.29) is 0 Å². The van der Waals surface area contributed by atoms with Crippen LogP contribution < -0.4 is 9.47 Å². The van der Waals surface area contributed by atoms with E-state index in [0.29, 0.717) is 22.9 Å². The summed E-state index contributed by atoms with van der Waals surface area (Å²) in [5, 5.41) is 2.75. The van der Waals surface area contributed by atoms with Crippen LogP contribution in [0.1, 0.15) is 10.4 Å². The van der Waals surface area contributed by atoms with Gasteiger partial charge < -0.3 is 9.47 Å². The van der Waals surface area contributed by atoms with Crippen molar-refractivity contribution in [3.63, 3.8) is 0 Å². The second-order valence-electron chi connectivity index (χ2n) is 3.95. The number of fused-ring (bicyclic) bond motifs is 1. The summed E-state index contributed by atoms with van der Waals surface area (Å²) in [6.45, 7) is 0. The van der Waals surface area contributed by atoms with Gasteiger partial charge in [-0.3, -0.25) is 4.79 Å². The molecule has 3 rings (SSSR count). The summed E-state index contributed by atoms with van der Waals surface area (Å²) in [7, 11) is 1.54. The van der Waals surface area contributed by atoms with Crippen LogP contribution >= 0.6 is 11.3 Å². The number of thiophene rings is 1. The molecule has 0 aliphatic rings. The SMILES string of the molecule is COc1ccc(C=O)cc1Oc1ncnc2sccc12. The van der Waals surface area contributed by atoms with E-state index in [4.69, 9.17) is 9.47 Å². The average molecular weight is 286 g/mol. The zero-order valence-electron chi connectivity index (χ0n) is 10.6. The Morgan fingerprint density at radius 2 is 2.10 bits per heavy atom. The lowest BCUT2D eigenvalue weighted by Crippen LogP contribution is -1.94. The molecule has 2 aromatic heterocycles. The van der Waals surface area contributed by atoms with Crippen molar-refractivity contribution >= 4 is 27.8 Å². The highest BCUT2D eigenvalue weighted by Gasteiger charge is 2.11. The summed E-state index contributed by atoms with van der Waals surface area (Å²) < 4.78 is 11.0. The summed E-state index contributed by atoms with van der Waals surface area (Å²) in [5.41, 5.74) is 0.511. The van der Waals surface area contributed by atoms with Gasteiger partial charge in [-0.25, -0.2) is 9.97 Å². The van der Waals surface area contributed by atoms with Crippen molar-refractivity contribution in [1.29, 1.82) is 0 Å². The minimum atomic E-state index is 0.442. The van der Waals surface area contributed by atoms with Crippen LogP contribution in [0.3, 0.4) is 0 Å². The van der Waals surface area contributed by atoms with Crippen molar-refractivity contribution in [2.75, 3.05) is 7.11 Å². The van der Waals surface area contributed by atoms with Crippen LogP contribution in [0.5, 0.6) is 17.4 Å². The van der Waals surface area contributed by atoms with Crippen LogP contribution in [-0.4, -0.2) is 23.4 Å². The molecule has 5 nitrogen and oxygen atoms in total. The number of benzene rings is 1. The van der Waals surface area contributed by atoms with Crippen LogP contribution in [0.4, 0.5) is 0 Å². The van der Waals surface area contributed by atoms with Crippen molar-refractivity contribution in [1.82, 2.24) is 9.97 Å². The second kappa shape index (κ2) is 5.26. The molecule has 0 spiro atoms. The van der Waals surface area contributed by atoms with E-state index in [1.165, 1.54) is 17.7 Å². The Morgan fingerprint density at radius 1 is 1.20 bits per heavy atom. The number of nitrogens with zero attached hydrogens (tertiary/aromatic N) is 2. The summed E-state index contributed by atoms with van der Waals surface area (Å²) >= 11 is 1.51. The summed E-state index contributed by atoms with van der Waals surface area (Å²) in [4.78, 5) is 20.0. The third kappa shape index (κ3) is 2.21. The van der Waals surface area contributed by atoms with E-state index in [0.717, 1.165) is 16.5 Å². The third-order valence-electron chi connectivity index (χ3n) is 2.76. The Balaban J connectivity index is 2.06. The zero-order valence-corrected chi connectivity index (χ0v) is 11.4. The first-order valence-electron chi connectivity index (χ1n) is 5.81. The standard InChI is InChI=1S/C14H10N2O3S/c1-18-11-3-2-9(7-17)6-12(11)19-13-10-4-5-20-14(10)16-8-15-13/h2-8H,1H3. The first-order valence-corrected chi connectivity index (χ1v) is 6.69. The lowest BCUT2D eigenvalue weighted by atomic mass is 10.2. The Kier molecular flexibility index (Phi) is 3.30. The van der Waals surface area contributed by atoms with Gasteiger partial charge in [0.05, 0.1) is 12.5 Å². The number of carbonyl (C=O) groups is 1. The number of rotatable bonds is 4. The van der Waals surface area contributed by atoms with Crippen LogP contribution in [0.2, 0.25) is 0 Å². The summed E-state index contributed by atoms with van der Waals surface area (Å²) in [6.07, 6.45) is 2.21. The molecule has 0 saturated heterocycles. The number of hydrogen-bond donors (Lipinski definition) is 0. The van der Waals surface area contributed by atoms with Gasteiger partial charge in [0.25, 0.3) is 0 Å². The van der Waals surface area contributed by atoms with E-state index in [2.05, 4.69) is 9.97 Å². The van der Waals surface area contributed by atoms with Crippen molar-refractivity contribution in [2.45, 2.75) is 0 Å². The largest absolute Gasteiger partial charge is 0.493 e. The quantitative estimate of drug-likeness (QED) is 0.689. The van der Waals surface area contributed by atoms with Crippen molar-refractivity contribution in [3.8, 4) is 17.4 Å². The normalized spacial score (nSPS) is 10.4. The Labute approximate surface area is 118 Å². The molecule has 0 fully saturated rings. The molecular weight excluding hydrogens is 276 g/mol. The predicted molar refractivity (Wildman–Crippen MR) is 75.9 cm³/mol. The Hall–Kier alpha value is -2.47. The van der Waals surface area contributed by atoms with E-state index < -0.39 is 0 Å². The molecule has 6 heteroatoms. The number of hydrogen-bond acceptors (Lipinski definition) is 6. The average Bonchev–Trinajstić information content (AvgIpc) is 2.96. The fourth-order valence-electron chi connectivity index (χ4n) is 1.80. The minimum Gasteiger partial charge on any atom is -0.493 e. The highest BCUT2D eigenvalue weighted by Crippen LogP contribution is 2.34. The number of aldehydes is 1. The smallest absolute Gasteiger partial charge is 0.231 e. The van der Waals surface area contributed by atoms with E-state index >= 15 is 0 Å². The monoisotopic (exact) mass is 286 g/mol. The highest BCUT2D eigenvalue weighted by molar-refractivity contribution is 7.16. The van der Waals surface area contributed by atoms with Crippen molar-refractivity contribution < 1.29 is 14.3 Å². The molecule has 0 bridgehead atoms. The van der Waals surface area contributed by atoms with Crippen LogP contribution in [0.25, 0.3) is 10.2 Å². The molecule has 3 aromatic rings. The maximum atomic E-state index is 10.9. The molecule has 0 aliphatic heterocycles. The number of carbonyl (C=O) groups excluding carboxylic acids is 1. The van der Waals surface area contributed by atoms with Gasteiger partial charge in [0, 0.05) is 5.56 Å². The maximum absolute atomic E-state index is 10.9. The molecule has 0 N–H and O–H groups in total. The van der Waals surface area contributed by atoms with Crippen molar-refractivity contribution in [3.05, 3.63) is 41.5 Å². The fraction of sp³-hybridized carbons (Fsp3) is 0.0714. The molecular formula is C14H10N2O3S. The van der Waals surface area contributed by atoms with E-state index in [9.17, 15) is 4.79 Å². The van der Waals surface area contributed by atoms with Gasteiger partial charge in [-0.2, -0.15) is 0 Å². The molecule has 2 heterocycles. The molecule has 1 aromatic carbocycles. The van der Waals surface area contributed by atoms with Crippen LogP contribution in [0.15, 0.2) is 36.0 Å². The van der Waals surface area contributed by atoms with Gasteiger partial charge in [0.15, 0.2) is 11.5 Å². The fourth-order valence-corrected chi connectivity index (χ4v) is 2.52. The second-order valence-corrected chi connectivity index (χ2v) is 4.84. The van der Waals surface area contributed by atoms with Gasteiger partial charge in [-0.15, -0.1) is 11.3 Å². The van der Waals surface area contributed by atoms with Gasteiger partial charge >= 0.3 is 0 Å². The molecule has 0 amide bonds. The number of ether oxygens (including phenoxy) is 2. The zero-order chi connectivity index (χ0) is 13.9. The van der Waals surface area contributed by atoms with Gasteiger partial charge in [-0.05, 0) is 29.6 Å². The summed E-state index contributed by atoms with van der Waals surface area (Å²) in [6, 6.07) is 6.86. The minimum absolute atomic E-state index is 0.442. The van der Waals surface area contributed by atoms with Crippen LogP contribution in [0, 0.1) is 0 Å². The van der Waals surface area contributed by atoms with Gasteiger partial charge in [0.2, 0.25) is 5.88 Å². The maximum Gasteiger partial charge on any atom is 0.231 e. The third-order valence-corrected chi connectivity index (χ3v) is 3.58. The van der Waals surface area contributed by atoms with E-state index in [1.54, 1.807) is 25.3 Å². The predicted octanol–water partition coefficient (Wildman–Crippen LogP) is 3.30. The molecule has 0 radical (unpaired) electrons. The first kappa shape index (κ1) is 12.6. The lowest BCUT2D eigenvalue weighted by molar-refractivity contribution is 0.112. The molecule has 0 unspecified atom stereocenters. The van der Waals surface area contributed by atoms with Gasteiger partial charge in [0.1, 0.15) is 17.4 Å². The highest BCUT2D eigenvalue weighted by atomic mass is 32.1.